The Morgan fingerprint density at radius 3 is 2.58 bits per heavy atom. The van der Waals surface area contributed by atoms with Crippen LogP contribution in [0.15, 0.2) is 24.3 Å². The molecule has 1 aromatic rings. The van der Waals surface area contributed by atoms with Gasteiger partial charge in [0.25, 0.3) is 0 Å². The number of halogens is 1. The van der Waals surface area contributed by atoms with Crippen LogP contribution in [0.5, 0.6) is 0 Å². The van der Waals surface area contributed by atoms with Crippen molar-refractivity contribution in [1.29, 1.82) is 0 Å². The third-order valence-electron chi connectivity index (χ3n) is 3.91. The average Bonchev–Trinajstić information content (AvgIpc) is 2.55. The Balaban J connectivity index is 2.21. The smallest absolute Gasteiger partial charge is 0.123 e. The van der Waals surface area contributed by atoms with Crippen molar-refractivity contribution in [3.8, 4) is 0 Å². The van der Waals surface area contributed by atoms with Crippen LogP contribution >= 0.6 is 0 Å². The van der Waals surface area contributed by atoms with Gasteiger partial charge in [0.2, 0.25) is 0 Å². The number of rotatable bonds is 3. The van der Waals surface area contributed by atoms with Gasteiger partial charge < -0.3 is 9.80 Å². The molecular formula is C14H23FN4. The maximum atomic E-state index is 13.0. The summed E-state index contributed by atoms with van der Waals surface area (Å²) in [5, 5.41) is 0. The first-order valence-corrected chi connectivity index (χ1v) is 6.72. The highest BCUT2D eigenvalue weighted by Crippen LogP contribution is 2.22. The quantitative estimate of drug-likeness (QED) is 0.632. The summed E-state index contributed by atoms with van der Waals surface area (Å²) in [5.74, 6) is 5.53. The lowest BCUT2D eigenvalue weighted by Crippen LogP contribution is -2.48. The van der Waals surface area contributed by atoms with Crippen LogP contribution in [0.1, 0.15) is 18.0 Å². The van der Waals surface area contributed by atoms with Crippen LogP contribution < -0.4 is 11.3 Å². The molecule has 1 aliphatic rings. The minimum atomic E-state index is -0.217. The van der Waals surface area contributed by atoms with Gasteiger partial charge >= 0.3 is 0 Å². The Hall–Kier alpha value is -1.01. The number of likely N-dealkylation sites (N-methyl/N-ethyl adjacent to an activating group) is 2. The fourth-order valence-corrected chi connectivity index (χ4v) is 2.77. The van der Waals surface area contributed by atoms with Crippen molar-refractivity contribution in [2.45, 2.75) is 18.5 Å². The third kappa shape index (κ3) is 3.51. The van der Waals surface area contributed by atoms with E-state index < -0.39 is 0 Å². The van der Waals surface area contributed by atoms with Crippen LogP contribution in [0, 0.1) is 5.82 Å². The number of benzene rings is 1. The summed E-state index contributed by atoms with van der Waals surface area (Å²) in [6.45, 7) is 3.10. The standard InChI is InChI=1S/C14H23FN4/c1-18-8-3-9-19(2)13(10-18)14(17-16)11-4-6-12(15)7-5-11/h4-7,13-14,17H,3,8-10,16H2,1-2H3. The first kappa shape index (κ1) is 14.4. The summed E-state index contributed by atoms with van der Waals surface area (Å²) in [5.41, 5.74) is 3.92. The van der Waals surface area contributed by atoms with E-state index in [0.29, 0.717) is 0 Å². The molecule has 1 saturated heterocycles. The van der Waals surface area contributed by atoms with Gasteiger partial charge in [0.15, 0.2) is 0 Å². The zero-order valence-electron chi connectivity index (χ0n) is 11.6. The van der Waals surface area contributed by atoms with E-state index in [1.165, 1.54) is 12.1 Å². The number of nitrogens with one attached hydrogen (secondary N) is 1. The van der Waals surface area contributed by atoms with E-state index in [9.17, 15) is 4.39 Å². The molecule has 0 radical (unpaired) electrons. The summed E-state index contributed by atoms with van der Waals surface area (Å²) >= 11 is 0. The van der Waals surface area contributed by atoms with E-state index in [4.69, 9.17) is 5.84 Å². The average molecular weight is 266 g/mol. The normalized spacial score (nSPS) is 24.1. The van der Waals surface area contributed by atoms with Gasteiger partial charge in [-0.25, -0.2) is 4.39 Å². The fraction of sp³-hybridized carbons (Fsp3) is 0.571. The lowest BCUT2D eigenvalue weighted by molar-refractivity contribution is 0.178. The van der Waals surface area contributed by atoms with E-state index in [1.54, 1.807) is 12.1 Å². The Kier molecular flexibility index (Phi) is 4.87. The molecule has 0 aliphatic carbocycles. The Morgan fingerprint density at radius 2 is 1.95 bits per heavy atom. The molecule has 4 nitrogen and oxygen atoms in total. The Bertz CT molecular complexity index is 395. The summed E-state index contributed by atoms with van der Waals surface area (Å²) in [7, 11) is 4.25. The molecule has 2 rings (SSSR count). The van der Waals surface area contributed by atoms with Crippen molar-refractivity contribution in [3.05, 3.63) is 35.6 Å². The third-order valence-corrected chi connectivity index (χ3v) is 3.91. The van der Waals surface area contributed by atoms with Gasteiger partial charge in [-0.05, 0) is 51.3 Å². The lowest BCUT2D eigenvalue weighted by Gasteiger charge is -2.34. The van der Waals surface area contributed by atoms with E-state index in [1.807, 2.05) is 0 Å². The second kappa shape index (κ2) is 6.43. The van der Waals surface area contributed by atoms with Crippen molar-refractivity contribution in [1.82, 2.24) is 15.2 Å². The highest BCUT2D eigenvalue weighted by molar-refractivity contribution is 5.21. The number of hydrogen-bond acceptors (Lipinski definition) is 4. The van der Waals surface area contributed by atoms with Gasteiger partial charge in [0.1, 0.15) is 5.82 Å². The summed E-state index contributed by atoms with van der Waals surface area (Å²) < 4.78 is 13.0. The fourth-order valence-electron chi connectivity index (χ4n) is 2.77. The molecule has 0 spiro atoms. The molecule has 0 amide bonds. The zero-order chi connectivity index (χ0) is 13.8. The molecular weight excluding hydrogens is 243 g/mol. The molecule has 106 valence electrons. The number of nitrogens with zero attached hydrogens (tertiary/aromatic N) is 2. The van der Waals surface area contributed by atoms with Crippen LogP contribution in [-0.4, -0.2) is 49.6 Å². The minimum Gasteiger partial charge on any atom is -0.305 e. The van der Waals surface area contributed by atoms with Crippen LogP contribution in [0.3, 0.4) is 0 Å². The maximum absolute atomic E-state index is 13.0. The number of nitrogens with two attached hydrogens (primary N) is 1. The van der Waals surface area contributed by atoms with Crippen LogP contribution in [0.2, 0.25) is 0 Å². The van der Waals surface area contributed by atoms with Crippen molar-refractivity contribution in [2.75, 3.05) is 33.7 Å². The molecule has 5 heteroatoms. The van der Waals surface area contributed by atoms with Crippen LogP contribution in [0.25, 0.3) is 0 Å². The second-order valence-corrected chi connectivity index (χ2v) is 5.36. The summed E-state index contributed by atoms with van der Waals surface area (Å²) in [6.07, 6.45) is 1.16. The minimum absolute atomic E-state index is 0.00569. The number of hydrazine groups is 1. The topological polar surface area (TPSA) is 44.5 Å². The van der Waals surface area contributed by atoms with Crippen molar-refractivity contribution >= 4 is 0 Å². The van der Waals surface area contributed by atoms with E-state index in [0.717, 1.165) is 31.6 Å². The monoisotopic (exact) mass is 266 g/mol. The van der Waals surface area contributed by atoms with Gasteiger partial charge in [0, 0.05) is 12.6 Å². The SMILES string of the molecule is CN1CCCN(C)C(C(NN)c2ccc(F)cc2)C1. The molecule has 0 saturated carbocycles. The van der Waals surface area contributed by atoms with Gasteiger partial charge in [0.05, 0.1) is 6.04 Å². The van der Waals surface area contributed by atoms with Crippen LogP contribution in [0.4, 0.5) is 4.39 Å². The molecule has 1 fully saturated rings. The first-order valence-electron chi connectivity index (χ1n) is 6.72. The number of hydrogen-bond donors (Lipinski definition) is 2. The van der Waals surface area contributed by atoms with Crippen molar-refractivity contribution in [3.63, 3.8) is 0 Å². The molecule has 0 aromatic heterocycles. The Labute approximate surface area is 114 Å². The highest BCUT2D eigenvalue weighted by Gasteiger charge is 2.28. The maximum Gasteiger partial charge on any atom is 0.123 e. The molecule has 1 heterocycles. The van der Waals surface area contributed by atoms with Crippen LogP contribution in [-0.2, 0) is 0 Å². The predicted molar refractivity (Wildman–Crippen MR) is 75.0 cm³/mol. The Morgan fingerprint density at radius 1 is 1.26 bits per heavy atom. The van der Waals surface area contributed by atoms with Gasteiger partial charge in [-0.2, -0.15) is 0 Å². The molecule has 2 atom stereocenters. The van der Waals surface area contributed by atoms with E-state index >= 15 is 0 Å². The van der Waals surface area contributed by atoms with Crippen molar-refractivity contribution < 1.29 is 4.39 Å². The van der Waals surface area contributed by atoms with Gasteiger partial charge in [-0.1, -0.05) is 12.1 Å². The predicted octanol–water partition coefficient (Wildman–Crippen LogP) is 0.966. The van der Waals surface area contributed by atoms with Gasteiger partial charge in [-0.3, -0.25) is 11.3 Å². The molecule has 3 N–H and O–H groups in total. The summed E-state index contributed by atoms with van der Waals surface area (Å²) in [6, 6.07) is 6.87. The van der Waals surface area contributed by atoms with Crippen molar-refractivity contribution in [2.24, 2.45) is 5.84 Å². The first-order chi connectivity index (χ1) is 9.11. The summed E-state index contributed by atoms with van der Waals surface area (Å²) in [4.78, 5) is 4.65. The highest BCUT2D eigenvalue weighted by atomic mass is 19.1. The molecule has 1 aliphatic heterocycles. The largest absolute Gasteiger partial charge is 0.305 e. The zero-order valence-corrected chi connectivity index (χ0v) is 11.6. The van der Waals surface area contributed by atoms with Gasteiger partial charge in [-0.15, -0.1) is 0 Å². The molecule has 19 heavy (non-hydrogen) atoms. The second-order valence-electron chi connectivity index (χ2n) is 5.36. The molecule has 1 aromatic carbocycles. The van der Waals surface area contributed by atoms with E-state index in [-0.39, 0.29) is 17.9 Å². The molecule has 0 bridgehead atoms. The van der Waals surface area contributed by atoms with E-state index in [2.05, 4.69) is 29.3 Å². The molecule has 2 unspecified atom stereocenters. The lowest BCUT2D eigenvalue weighted by atomic mass is 9.98.